The zero-order chi connectivity index (χ0) is 37.6. The number of aromatic nitrogens is 1. The molecule has 0 saturated carbocycles. The minimum atomic E-state index is 0.679. The fourth-order valence-corrected chi connectivity index (χ4v) is 9.75. The standard InChI is InChI=1S/C55H32N2/c1-56-49-30-32-51-55-48(49)28-27-47-46(29-31-50(54(47)55)57(51)37-24-23-34-13-5-6-16-36(34)33-37)53-43-21-11-9-19-41(43)52(42-20-10-12-22-44(42)53)45-26-25-38(35-14-3-2-4-15-35)39-17-7-8-18-40(39)45/h2-33H. The van der Waals surface area contributed by atoms with Crippen LogP contribution in [0.2, 0.25) is 0 Å². The van der Waals surface area contributed by atoms with Crippen LogP contribution >= 0.6 is 0 Å². The molecule has 1 heterocycles. The molecule has 0 saturated heterocycles. The zero-order valence-corrected chi connectivity index (χ0v) is 30.9. The Kier molecular flexibility index (Phi) is 6.73. The van der Waals surface area contributed by atoms with Crippen LogP contribution in [0.3, 0.4) is 0 Å². The molecule has 0 bridgehead atoms. The van der Waals surface area contributed by atoms with E-state index in [0.29, 0.717) is 5.69 Å². The number of nitrogens with zero attached hydrogens (tertiary/aromatic N) is 2. The van der Waals surface area contributed by atoms with Crippen LogP contribution in [-0.4, -0.2) is 4.57 Å². The van der Waals surface area contributed by atoms with Crippen molar-refractivity contribution in [1.82, 2.24) is 4.57 Å². The number of rotatable bonds is 4. The predicted octanol–water partition coefficient (Wildman–Crippen LogP) is 15.5. The van der Waals surface area contributed by atoms with E-state index >= 15 is 0 Å². The molecule has 12 aromatic rings. The summed E-state index contributed by atoms with van der Waals surface area (Å²) in [5.74, 6) is 0. The fraction of sp³-hybridized carbons (Fsp3) is 0. The predicted molar refractivity (Wildman–Crippen MR) is 242 cm³/mol. The molecule has 2 nitrogen and oxygen atoms in total. The summed E-state index contributed by atoms with van der Waals surface area (Å²) in [4.78, 5) is 3.99. The normalized spacial score (nSPS) is 11.8. The highest BCUT2D eigenvalue weighted by molar-refractivity contribution is 6.32. The Balaban J connectivity index is 1.17. The third-order valence-corrected chi connectivity index (χ3v) is 12.2. The molecule has 57 heavy (non-hydrogen) atoms. The maximum atomic E-state index is 8.09. The van der Waals surface area contributed by atoms with E-state index < -0.39 is 0 Å². The molecule has 0 aliphatic rings. The van der Waals surface area contributed by atoms with Crippen LogP contribution in [0.4, 0.5) is 5.69 Å². The van der Waals surface area contributed by atoms with Gasteiger partial charge >= 0.3 is 0 Å². The van der Waals surface area contributed by atoms with E-state index in [2.05, 4.69) is 197 Å². The van der Waals surface area contributed by atoms with E-state index in [1.54, 1.807) is 0 Å². The van der Waals surface area contributed by atoms with Crippen LogP contribution < -0.4 is 0 Å². The van der Waals surface area contributed by atoms with E-state index in [-0.39, 0.29) is 0 Å². The Labute approximate surface area is 329 Å². The lowest BCUT2D eigenvalue weighted by molar-refractivity contribution is 1.19. The monoisotopic (exact) mass is 720 g/mol. The summed E-state index contributed by atoms with van der Waals surface area (Å²) in [6.07, 6.45) is 0. The molecule has 0 atom stereocenters. The van der Waals surface area contributed by atoms with Gasteiger partial charge in [-0.15, -0.1) is 0 Å². The van der Waals surface area contributed by atoms with Crippen molar-refractivity contribution in [3.05, 3.63) is 206 Å². The van der Waals surface area contributed by atoms with Crippen molar-refractivity contribution in [2.24, 2.45) is 0 Å². The summed E-state index contributed by atoms with van der Waals surface area (Å²) >= 11 is 0. The van der Waals surface area contributed by atoms with E-state index in [0.717, 1.165) is 27.5 Å². The van der Waals surface area contributed by atoms with Crippen LogP contribution in [-0.2, 0) is 0 Å². The van der Waals surface area contributed by atoms with Gasteiger partial charge in [0, 0.05) is 16.5 Å². The van der Waals surface area contributed by atoms with Gasteiger partial charge in [-0.2, -0.15) is 0 Å². The van der Waals surface area contributed by atoms with Crippen LogP contribution in [0, 0.1) is 6.57 Å². The highest BCUT2D eigenvalue weighted by Crippen LogP contribution is 2.50. The molecule has 0 spiro atoms. The second-order valence-electron chi connectivity index (χ2n) is 15.0. The first-order valence-corrected chi connectivity index (χ1v) is 19.5. The molecular weight excluding hydrogens is 689 g/mol. The number of fused-ring (bicyclic) bond motifs is 4. The highest BCUT2D eigenvalue weighted by Gasteiger charge is 2.24. The Hall–Kier alpha value is -7.73. The quantitative estimate of drug-likeness (QED) is 0.0973. The topological polar surface area (TPSA) is 9.29 Å². The molecule has 2 heteroatoms. The Bertz CT molecular complexity index is 3580. The van der Waals surface area contributed by atoms with Gasteiger partial charge in [0.25, 0.3) is 0 Å². The van der Waals surface area contributed by atoms with Crippen molar-refractivity contribution in [2.45, 2.75) is 0 Å². The van der Waals surface area contributed by atoms with Crippen LogP contribution in [0.5, 0.6) is 0 Å². The number of benzene rings is 11. The first-order chi connectivity index (χ1) is 28.3. The molecule has 0 radical (unpaired) electrons. The van der Waals surface area contributed by atoms with Gasteiger partial charge in [0.05, 0.1) is 17.6 Å². The molecule has 0 amide bonds. The molecular formula is C55H32N2. The second kappa shape index (κ2) is 12.1. The minimum absolute atomic E-state index is 0.679. The van der Waals surface area contributed by atoms with Crippen molar-refractivity contribution in [2.75, 3.05) is 0 Å². The van der Waals surface area contributed by atoms with E-state index in [1.807, 2.05) is 6.07 Å². The van der Waals surface area contributed by atoms with Crippen LogP contribution in [0.1, 0.15) is 0 Å². The molecule has 12 rings (SSSR count). The Morgan fingerprint density at radius 1 is 0.351 bits per heavy atom. The van der Waals surface area contributed by atoms with Crippen molar-refractivity contribution in [3.8, 4) is 39.1 Å². The van der Waals surface area contributed by atoms with Crippen LogP contribution in [0.15, 0.2) is 194 Å². The summed E-state index contributed by atoms with van der Waals surface area (Å²) in [5.41, 5.74) is 11.4. The van der Waals surface area contributed by atoms with E-state index in [1.165, 1.54) is 87.2 Å². The SMILES string of the molecule is [C-]#[N+]c1ccc2c3c1ccc1c(-c4c5ccccc5c(-c5ccc(-c6ccccc6)c6ccccc56)c5ccccc45)ccc(c13)n2-c1ccc2ccccc2c1. The lowest BCUT2D eigenvalue weighted by Crippen LogP contribution is -1.94. The first-order valence-electron chi connectivity index (χ1n) is 19.5. The molecule has 11 aromatic carbocycles. The largest absolute Gasteiger partial charge is 0.309 e. The molecule has 0 aliphatic heterocycles. The smallest absolute Gasteiger partial charge is 0.195 e. The minimum Gasteiger partial charge on any atom is -0.309 e. The zero-order valence-electron chi connectivity index (χ0n) is 30.9. The lowest BCUT2D eigenvalue weighted by Gasteiger charge is -2.20. The first kappa shape index (κ1) is 31.6. The molecule has 1 aromatic heterocycles. The average Bonchev–Trinajstić information content (AvgIpc) is 3.62. The average molecular weight is 721 g/mol. The van der Waals surface area contributed by atoms with Gasteiger partial charge in [0.1, 0.15) is 0 Å². The second-order valence-corrected chi connectivity index (χ2v) is 15.0. The van der Waals surface area contributed by atoms with Gasteiger partial charge in [0.15, 0.2) is 5.69 Å². The molecule has 0 N–H and O–H groups in total. The Morgan fingerprint density at radius 3 is 1.51 bits per heavy atom. The van der Waals surface area contributed by atoms with Crippen molar-refractivity contribution < 1.29 is 0 Å². The van der Waals surface area contributed by atoms with Crippen molar-refractivity contribution in [3.63, 3.8) is 0 Å². The molecule has 0 unspecified atom stereocenters. The lowest BCUT2D eigenvalue weighted by atomic mass is 9.82. The van der Waals surface area contributed by atoms with Gasteiger partial charge in [-0.3, -0.25) is 0 Å². The van der Waals surface area contributed by atoms with Crippen LogP contribution in [0.25, 0.3) is 120 Å². The molecule has 0 fully saturated rings. The maximum absolute atomic E-state index is 8.09. The van der Waals surface area contributed by atoms with Crippen molar-refractivity contribution >= 4 is 81.4 Å². The van der Waals surface area contributed by atoms with Gasteiger partial charge in [0.2, 0.25) is 0 Å². The third kappa shape index (κ3) is 4.52. The van der Waals surface area contributed by atoms with E-state index in [9.17, 15) is 0 Å². The summed E-state index contributed by atoms with van der Waals surface area (Å²) in [6.45, 7) is 8.09. The summed E-state index contributed by atoms with van der Waals surface area (Å²) in [6, 6.07) is 70.5. The van der Waals surface area contributed by atoms with Gasteiger partial charge < -0.3 is 4.57 Å². The maximum Gasteiger partial charge on any atom is 0.195 e. The van der Waals surface area contributed by atoms with Gasteiger partial charge in [-0.25, -0.2) is 4.85 Å². The van der Waals surface area contributed by atoms with Crippen molar-refractivity contribution in [1.29, 1.82) is 0 Å². The summed E-state index contributed by atoms with van der Waals surface area (Å²) in [7, 11) is 0. The highest BCUT2D eigenvalue weighted by atomic mass is 15.0. The molecule has 262 valence electrons. The molecule has 0 aliphatic carbocycles. The summed E-state index contributed by atoms with van der Waals surface area (Å²) in [5, 5.41) is 14.3. The fourth-order valence-electron chi connectivity index (χ4n) is 9.75. The van der Waals surface area contributed by atoms with E-state index in [4.69, 9.17) is 6.57 Å². The van der Waals surface area contributed by atoms with Gasteiger partial charge in [-0.1, -0.05) is 170 Å². The number of hydrogen-bond acceptors (Lipinski definition) is 0. The van der Waals surface area contributed by atoms with Gasteiger partial charge in [-0.05, 0) is 112 Å². The number of hydrogen-bond donors (Lipinski definition) is 0. The third-order valence-electron chi connectivity index (χ3n) is 12.2. The summed E-state index contributed by atoms with van der Waals surface area (Å²) < 4.78 is 2.39. The Morgan fingerprint density at radius 2 is 0.842 bits per heavy atom.